The van der Waals surface area contributed by atoms with Crippen molar-refractivity contribution in [3.05, 3.63) is 56.4 Å². The molecule has 1 heterocycles. The summed E-state index contributed by atoms with van der Waals surface area (Å²) in [5, 5.41) is 28.7. The van der Waals surface area contributed by atoms with E-state index in [2.05, 4.69) is 10.4 Å². The summed E-state index contributed by atoms with van der Waals surface area (Å²) in [4.78, 5) is 20.3. The minimum atomic E-state index is -0.662. The molecular weight excluding hydrogens is 278 g/mol. The second-order valence-electron chi connectivity index (χ2n) is 4.37. The van der Waals surface area contributed by atoms with Crippen molar-refractivity contribution in [2.45, 2.75) is 6.42 Å². The van der Waals surface area contributed by atoms with Crippen molar-refractivity contribution in [1.82, 2.24) is 9.78 Å². The molecule has 2 aromatic rings. The van der Waals surface area contributed by atoms with E-state index in [0.717, 1.165) is 11.8 Å². The van der Waals surface area contributed by atoms with E-state index in [9.17, 15) is 20.2 Å². The van der Waals surface area contributed by atoms with Crippen LogP contribution in [0.2, 0.25) is 0 Å². The van der Waals surface area contributed by atoms with Crippen LogP contribution in [0.5, 0.6) is 0 Å². The Labute approximate surface area is 119 Å². The lowest BCUT2D eigenvalue weighted by molar-refractivity contribution is -0.393. The molecule has 9 heteroatoms. The molecule has 9 nitrogen and oxygen atoms in total. The molecule has 0 spiro atoms. The first-order chi connectivity index (χ1) is 9.97. The molecule has 21 heavy (non-hydrogen) atoms. The number of rotatable bonds is 6. The zero-order valence-corrected chi connectivity index (χ0v) is 11.2. The van der Waals surface area contributed by atoms with Crippen LogP contribution in [-0.4, -0.2) is 26.2 Å². The van der Waals surface area contributed by atoms with Gasteiger partial charge >= 0.3 is 0 Å². The van der Waals surface area contributed by atoms with Crippen molar-refractivity contribution < 1.29 is 9.85 Å². The predicted molar refractivity (Wildman–Crippen MR) is 75.2 cm³/mol. The maximum atomic E-state index is 11.0. The third-order valence-corrected chi connectivity index (χ3v) is 2.85. The lowest BCUT2D eigenvalue weighted by Gasteiger charge is -2.06. The van der Waals surface area contributed by atoms with Gasteiger partial charge in [-0.3, -0.25) is 24.9 Å². The van der Waals surface area contributed by atoms with Gasteiger partial charge in [-0.15, -0.1) is 0 Å². The highest BCUT2D eigenvalue weighted by atomic mass is 16.6. The zero-order chi connectivity index (χ0) is 15.4. The number of nitrogens with zero attached hydrogens (tertiary/aromatic N) is 4. The molecule has 0 aliphatic rings. The van der Waals surface area contributed by atoms with Gasteiger partial charge in [-0.25, -0.2) is 0 Å². The standard InChI is InChI=1S/C12H13N5O4/c1-15-7-5-9(14-15)4-6-13-11-3-2-10(16(18)19)8-12(11)17(20)21/h2-3,5,7-8,13H,4,6H2,1H3. The molecule has 1 aromatic carbocycles. The van der Waals surface area contributed by atoms with E-state index in [1.165, 1.54) is 12.1 Å². The number of nitrogens with one attached hydrogen (secondary N) is 1. The van der Waals surface area contributed by atoms with Gasteiger partial charge in [0.25, 0.3) is 11.4 Å². The number of aryl methyl sites for hydroxylation is 1. The Morgan fingerprint density at radius 1 is 1.24 bits per heavy atom. The van der Waals surface area contributed by atoms with Gasteiger partial charge in [0, 0.05) is 32.3 Å². The van der Waals surface area contributed by atoms with E-state index in [-0.39, 0.29) is 17.1 Å². The topological polar surface area (TPSA) is 116 Å². The van der Waals surface area contributed by atoms with Crippen LogP contribution in [0.15, 0.2) is 30.5 Å². The molecule has 0 radical (unpaired) electrons. The van der Waals surface area contributed by atoms with Crippen molar-refractivity contribution in [2.75, 3.05) is 11.9 Å². The summed E-state index contributed by atoms with van der Waals surface area (Å²) in [5.74, 6) is 0. The quantitative estimate of drug-likeness (QED) is 0.641. The van der Waals surface area contributed by atoms with Crippen molar-refractivity contribution >= 4 is 17.1 Å². The molecule has 0 saturated heterocycles. The molecule has 0 amide bonds. The lowest BCUT2D eigenvalue weighted by atomic mass is 10.2. The fraction of sp³-hybridized carbons (Fsp3) is 0.250. The first-order valence-corrected chi connectivity index (χ1v) is 6.12. The van der Waals surface area contributed by atoms with Gasteiger partial charge in [-0.2, -0.15) is 5.10 Å². The van der Waals surface area contributed by atoms with E-state index in [4.69, 9.17) is 0 Å². The van der Waals surface area contributed by atoms with Gasteiger partial charge in [0.1, 0.15) is 5.69 Å². The average Bonchev–Trinajstić information content (AvgIpc) is 2.84. The Bertz CT molecular complexity index is 682. The summed E-state index contributed by atoms with van der Waals surface area (Å²) in [7, 11) is 1.80. The maximum absolute atomic E-state index is 11.0. The van der Waals surface area contributed by atoms with E-state index in [0.29, 0.717) is 13.0 Å². The fourth-order valence-corrected chi connectivity index (χ4v) is 1.86. The van der Waals surface area contributed by atoms with Gasteiger partial charge in [0.15, 0.2) is 0 Å². The second-order valence-corrected chi connectivity index (χ2v) is 4.37. The first kappa shape index (κ1) is 14.4. The zero-order valence-electron chi connectivity index (χ0n) is 11.2. The Hall–Kier alpha value is -2.97. The molecule has 2 rings (SSSR count). The SMILES string of the molecule is Cn1ccc(CCNc2ccc([N+](=O)[O-])cc2[N+](=O)[O-])n1. The predicted octanol–water partition coefficient (Wildman–Crippen LogP) is 1.89. The van der Waals surface area contributed by atoms with Crippen LogP contribution >= 0.6 is 0 Å². The number of non-ortho nitro benzene ring substituents is 1. The molecule has 0 fully saturated rings. The number of benzene rings is 1. The van der Waals surface area contributed by atoms with Crippen molar-refractivity contribution in [1.29, 1.82) is 0 Å². The number of anilines is 1. The van der Waals surface area contributed by atoms with Crippen LogP contribution in [0, 0.1) is 20.2 Å². The van der Waals surface area contributed by atoms with Crippen LogP contribution in [0.4, 0.5) is 17.1 Å². The Morgan fingerprint density at radius 3 is 2.57 bits per heavy atom. The smallest absolute Gasteiger partial charge is 0.299 e. The van der Waals surface area contributed by atoms with Gasteiger partial charge in [-0.05, 0) is 12.1 Å². The Balaban J connectivity index is 2.08. The van der Waals surface area contributed by atoms with Crippen LogP contribution in [0.25, 0.3) is 0 Å². The number of aromatic nitrogens is 2. The maximum Gasteiger partial charge on any atom is 0.299 e. The molecular formula is C12H13N5O4. The summed E-state index contributed by atoms with van der Waals surface area (Å²) in [6.45, 7) is 0.440. The number of nitro groups is 2. The van der Waals surface area contributed by atoms with Crippen LogP contribution in [-0.2, 0) is 13.5 Å². The molecule has 110 valence electrons. The summed E-state index contributed by atoms with van der Waals surface area (Å²) in [5.41, 5.74) is 0.485. The highest BCUT2D eigenvalue weighted by Crippen LogP contribution is 2.28. The fourth-order valence-electron chi connectivity index (χ4n) is 1.86. The second kappa shape index (κ2) is 5.99. The highest BCUT2D eigenvalue weighted by molar-refractivity contribution is 5.65. The minimum absolute atomic E-state index is 0.251. The van der Waals surface area contributed by atoms with Gasteiger partial charge in [0.2, 0.25) is 0 Å². The van der Waals surface area contributed by atoms with Gasteiger partial charge < -0.3 is 5.32 Å². The summed E-state index contributed by atoms with van der Waals surface area (Å²) in [6.07, 6.45) is 2.40. The Morgan fingerprint density at radius 2 is 2.00 bits per heavy atom. The highest BCUT2D eigenvalue weighted by Gasteiger charge is 2.19. The van der Waals surface area contributed by atoms with Crippen LogP contribution in [0.3, 0.4) is 0 Å². The molecule has 0 aliphatic heterocycles. The summed E-state index contributed by atoms with van der Waals surface area (Å²) >= 11 is 0. The molecule has 1 aromatic heterocycles. The largest absolute Gasteiger partial charge is 0.379 e. The monoisotopic (exact) mass is 291 g/mol. The average molecular weight is 291 g/mol. The minimum Gasteiger partial charge on any atom is -0.379 e. The molecule has 0 bridgehead atoms. The summed E-state index contributed by atoms with van der Waals surface area (Å²) < 4.78 is 1.67. The van der Waals surface area contributed by atoms with Gasteiger partial charge in [0.05, 0.1) is 21.6 Å². The van der Waals surface area contributed by atoms with E-state index in [1.807, 2.05) is 12.3 Å². The van der Waals surface area contributed by atoms with E-state index in [1.54, 1.807) is 11.7 Å². The lowest BCUT2D eigenvalue weighted by Crippen LogP contribution is -2.08. The molecule has 0 unspecified atom stereocenters. The molecule has 1 N–H and O–H groups in total. The van der Waals surface area contributed by atoms with Crippen LogP contribution < -0.4 is 5.32 Å². The van der Waals surface area contributed by atoms with Crippen LogP contribution in [0.1, 0.15) is 5.69 Å². The Kier molecular flexibility index (Phi) is 4.12. The van der Waals surface area contributed by atoms with Crippen molar-refractivity contribution in [2.24, 2.45) is 7.05 Å². The third kappa shape index (κ3) is 3.53. The first-order valence-electron chi connectivity index (χ1n) is 6.12. The van der Waals surface area contributed by atoms with Crippen molar-refractivity contribution in [3.63, 3.8) is 0 Å². The molecule has 0 saturated carbocycles. The summed E-state index contributed by atoms with van der Waals surface area (Å²) in [6, 6.07) is 5.37. The number of hydrogen-bond donors (Lipinski definition) is 1. The van der Waals surface area contributed by atoms with E-state index >= 15 is 0 Å². The molecule has 0 aliphatic carbocycles. The normalized spacial score (nSPS) is 10.3. The third-order valence-electron chi connectivity index (χ3n) is 2.85. The number of hydrogen-bond acceptors (Lipinski definition) is 6. The van der Waals surface area contributed by atoms with Gasteiger partial charge in [-0.1, -0.05) is 0 Å². The van der Waals surface area contributed by atoms with Crippen molar-refractivity contribution in [3.8, 4) is 0 Å². The van der Waals surface area contributed by atoms with E-state index < -0.39 is 9.85 Å². The number of nitro benzene ring substituents is 2. The molecule has 0 atom stereocenters.